The summed E-state index contributed by atoms with van der Waals surface area (Å²) >= 11 is 0. The third kappa shape index (κ3) is 4.36. The molecule has 196 valence electrons. The predicted octanol–water partition coefficient (Wildman–Crippen LogP) is 5.96. The summed E-state index contributed by atoms with van der Waals surface area (Å²) in [5.41, 5.74) is 10.3. The molecule has 8 nitrogen and oxygen atoms in total. The first kappa shape index (κ1) is 24.7. The zero-order chi connectivity index (χ0) is 26.4. The molecular weight excluding hydrogens is 472 g/mol. The largest absolute Gasteiger partial charge is 0.353 e. The molecule has 8 heteroatoms. The summed E-state index contributed by atoms with van der Waals surface area (Å²) in [7, 11) is 2.20. The Morgan fingerprint density at radius 3 is 2.53 bits per heavy atom. The van der Waals surface area contributed by atoms with Gasteiger partial charge in [-0.2, -0.15) is 5.10 Å². The number of nitrogens with zero attached hydrogens (tertiary/aromatic N) is 7. The molecule has 0 saturated heterocycles. The fourth-order valence-corrected chi connectivity index (χ4v) is 6.13. The Morgan fingerprint density at radius 2 is 1.79 bits per heavy atom. The van der Waals surface area contributed by atoms with Crippen LogP contribution >= 0.6 is 0 Å². The van der Waals surface area contributed by atoms with Gasteiger partial charge in [0.2, 0.25) is 0 Å². The SMILES string of the molecule is Cc1c(-c2[nH]c3ccc(C4CCC(N(C)Cc5ncccn5)CC4)nc3c2C(C)C)cn2ncnc2c1C. The second-order valence-electron chi connectivity index (χ2n) is 11.1. The lowest BCUT2D eigenvalue weighted by Crippen LogP contribution is -2.35. The van der Waals surface area contributed by atoms with E-state index in [9.17, 15) is 0 Å². The van der Waals surface area contributed by atoms with Crippen molar-refractivity contribution >= 4 is 16.7 Å². The molecule has 5 aromatic heterocycles. The molecule has 0 atom stereocenters. The summed E-state index contributed by atoms with van der Waals surface area (Å²) in [4.78, 5) is 24.7. The summed E-state index contributed by atoms with van der Waals surface area (Å²) in [5.74, 6) is 1.71. The molecule has 0 amide bonds. The maximum Gasteiger partial charge on any atom is 0.158 e. The summed E-state index contributed by atoms with van der Waals surface area (Å²) in [6.45, 7) is 9.61. The Morgan fingerprint density at radius 1 is 1.03 bits per heavy atom. The van der Waals surface area contributed by atoms with Crippen molar-refractivity contribution < 1.29 is 0 Å². The maximum atomic E-state index is 5.31. The van der Waals surface area contributed by atoms with Crippen LogP contribution in [0.1, 0.15) is 79.6 Å². The quantitative estimate of drug-likeness (QED) is 0.304. The standard InChI is InChI=1S/C30H36N8/c1-18(2)27-28(23-15-38-30(33-17-34-38)20(4)19(23)3)36-25-12-11-24(35-29(25)27)21-7-9-22(10-8-21)37(5)16-26-31-13-6-14-32-26/h6,11-15,17-18,21-22,36H,7-10,16H2,1-5H3. The van der Waals surface area contributed by atoms with Crippen molar-refractivity contribution in [3.63, 3.8) is 0 Å². The highest BCUT2D eigenvalue weighted by Crippen LogP contribution is 2.39. The van der Waals surface area contributed by atoms with E-state index in [1.165, 1.54) is 29.7 Å². The first-order chi connectivity index (χ1) is 18.4. The molecule has 0 aromatic carbocycles. The fourth-order valence-electron chi connectivity index (χ4n) is 6.13. The van der Waals surface area contributed by atoms with Crippen LogP contribution in [0.4, 0.5) is 0 Å². The van der Waals surface area contributed by atoms with Gasteiger partial charge in [-0.3, -0.25) is 9.88 Å². The number of aromatic nitrogens is 7. The molecule has 6 rings (SSSR count). The minimum Gasteiger partial charge on any atom is -0.353 e. The van der Waals surface area contributed by atoms with Gasteiger partial charge in [-0.1, -0.05) is 13.8 Å². The monoisotopic (exact) mass is 508 g/mol. The van der Waals surface area contributed by atoms with Crippen molar-refractivity contribution in [3.05, 3.63) is 71.3 Å². The third-order valence-corrected chi connectivity index (χ3v) is 8.42. The van der Waals surface area contributed by atoms with Crippen LogP contribution in [0.3, 0.4) is 0 Å². The van der Waals surface area contributed by atoms with E-state index < -0.39 is 0 Å². The highest BCUT2D eigenvalue weighted by Gasteiger charge is 2.27. The van der Waals surface area contributed by atoms with Crippen LogP contribution in [0.5, 0.6) is 0 Å². The van der Waals surface area contributed by atoms with Gasteiger partial charge < -0.3 is 4.98 Å². The van der Waals surface area contributed by atoms with E-state index >= 15 is 0 Å². The van der Waals surface area contributed by atoms with E-state index in [0.717, 1.165) is 58.7 Å². The molecule has 0 spiro atoms. The number of aryl methyl sites for hydroxylation is 1. The number of fused-ring (bicyclic) bond motifs is 2. The number of nitrogens with one attached hydrogen (secondary N) is 1. The zero-order valence-corrected chi connectivity index (χ0v) is 22.9. The van der Waals surface area contributed by atoms with Gasteiger partial charge in [-0.05, 0) is 81.8 Å². The second kappa shape index (κ2) is 9.91. The molecule has 5 aromatic rings. The van der Waals surface area contributed by atoms with Gasteiger partial charge in [0.25, 0.3) is 0 Å². The van der Waals surface area contributed by atoms with Gasteiger partial charge in [0, 0.05) is 47.4 Å². The molecule has 0 aliphatic heterocycles. The second-order valence-corrected chi connectivity index (χ2v) is 11.1. The molecule has 1 fully saturated rings. The Labute approximate surface area is 223 Å². The first-order valence-electron chi connectivity index (χ1n) is 13.7. The van der Waals surface area contributed by atoms with E-state index in [1.807, 2.05) is 23.0 Å². The molecule has 1 N–H and O–H groups in total. The van der Waals surface area contributed by atoms with E-state index in [2.05, 4.69) is 83.0 Å². The Bertz CT molecular complexity index is 1570. The lowest BCUT2D eigenvalue weighted by Gasteiger charge is -2.34. The molecular formula is C30H36N8. The zero-order valence-electron chi connectivity index (χ0n) is 22.9. The van der Waals surface area contributed by atoms with Crippen LogP contribution in [0.15, 0.2) is 43.1 Å². The van der Waals surface area contributed by atoms with Crippen molar-refractivity contribution in [1.82, 2.24) is 39.4 Å². The number of pyridine rings is 2. The molecule has 38 heavy (non-hydrogen) atoms. The highest BCUT2D eigenvalue weighted by molar-refractivity contribution is 5.89. The molecule has 0 radical (unpaired) electrons. The normalized spacial score (nSPS) is 18.3. The minimum atomic E-state index is 0.331. The van der Waals surface area contributed by atoms with Crippen molar-refractivity contribution in [2.75, 3.05) is 7.05 Å². The summed E-state index contributed by atoms with van der Waals surface area (Å²) in [6, 6.07) is 6.89. The number of rotatable bonds is 6. The van der Waals surface area contributed by atoms with Crippen LogP contribution in [0, 0.1) is 13.8 Å². The van der Waals surface area contributed by atoms with Crippen molar-refractivity contribution in [1.29, 1.82) is 0 Å². The topological polar surface area (TPSA) is 87.9 Å². The van der Waals surface area contributed by atoms with Gasteiger partial charge in [-0.15, -0.1) is 0 Å². The number of hydrogen-bond acceptors (Lipinski definition) is 6. The van der Waals surface area contributed by atoms with Crippen LogP contribution in [0.2, 0.25) is 0 Å². The fraction of sp³-hybridized carbons (Fsp3) is 0.433. The van der Waals surface area contributed by atoms with E-state index in [-0.39, 0.29) is 0 Å². The number of H-pyrrole nitrogens is 1. The molecule has 1 aliphatic carbocycles. The Kier molecular flexibility index (Phi) is 6.43. The molecule has 5 heterocycles. The van der Waals surface area contributed by atoms with Gasteiger partial charge in [0.05, 0.1) is 23.3 Å². The molecule has 0 unspecified atom stereocenters. The van der Waals surface area contributed by atoms with E-state index in [1.54, 1.807) is 6.33 Å². The van der Waals surface area contributed by atoms with Crippen LogP contribution in [-0.2, 0) is 6.54 Å². The van der Waals surface area contributed by atoms with Crippen molar-refractivity contribution in [2.24, 2.45) is 0 Å². The average Bonchev–Trinajstić information content (AvgIpc) is 3.56. The molecule has 1 saturated carbocycles. The number of hydrogen-bond donors (Lipinski definition) is 1. The van der Waals surface area contributed by atoms with Crippen molar-refractivity contribution in [3.8, 4) is 11.3 Å². The third-order valence-electron chi connectivity index (χ3n) is 8.42. The lowest BCUT2D eigenvalue weighted by atomic mass is 9.83. The highest BCUT2D eigenvalue weighted by atomic mass is 15.3. The van der Waals surface area contributed by atoms with Crippen molar-refractivity contribution in [2.45, 2.75) is 77.8 Å². The van der Waals surface area contributed by atoms with Crippen LogP contribution in [-0.4, -0.2) is 52.5 Å². The molecule has 1 aliphatic rings. The van der Waals surface area contributed by atoms with Crippen LogP contribution < -0.4 is 0 Å². The average molecular weight is 509 g/mol. The lowest BCUT2D eigenvalue weighted by molar-refractivity contribution is 0.171. The Balaban J connectivity index is 1.28. The number of aromatic amines is 1. The van der Waals surface area contributed by atoms with Gasteiger partial charge in [0.15, 0.2) is 5.65 Å². The molecule has 0 bridgehead atoms. The first-order valence-corrected chi connectivity index (χ1v) is 13.7. The van der Waals surface area contributed by atoms with Crippen LogP contribution in [0.25, 0.3) is 27.9 Å². The van der Waals surface area contributed by atoms with Gasteiger partial charge >= 0.3 is 0 Å². The van der Waals surface area contributed by atoms with Gasteiger partial charge in [0.1, 0.15) is 12.2 Å². The minimum absolute atomic E-state index is 0.331. The van der Waals surface area contributed by atoms with Gasteiger partial charge in [-0.25, -0.2) is 19.5 Å². The smallest absolute Gasteiger partial charge is 0.158 e. The summed E-state index contributed by atoms with van der Waals surface area (Å²) in [6.07, 6.45) is 12.0. The predicted molar refractivity (Wildman–Crippen MR) is 150 cm³/mol. The summed E-state index contributed by atoms with van der Waals surface area (Å²) < 4.78 is 1.88. The summed E-state index contributed by atoms with van der Waals surface area (Å²) in [5, 5.41) is 4.42. The Hall–Kier alpha value is -3.65. The maximum absolute atomic E-state index is 5.31. The van der Waals surface area contributed by atoms with E-state index in [4.69, 9.17) is 4.98 Å². The van der Waals surface area contributed by atoms with E-state index in [0.29, 0.717) is 17.9 Å².